The molecule has 8 nitrogen and oxygen atoms in total. The van der Waals surface area contributed by atoms with Gasteiger partial charge < -0.3 is 5.73 Å². The number of anilines is 1. The number of nitrogens with zero attached hydrogens (tertiary/aromatic N) is 5. The molecule has 0 radical (unpaired) electrons. The third-order valence-corrected chi connectivity index (χ3v) is 3.27. The molecule has 2 aromatic heterocycles. The molecule has 2 aromatic rings. The summed E-state index contributed by atoms with van der Waals surface area (Å²) in [7, 11) is 0. The molecule has 0 spiro atoms. The van der Waals surface area contributed by atoms with Crippen molar-refractivity contribution in [2.45, 2.75) is 25.7 Å². The van der Waals surface area contributed by atoms with Gasteiger partial charge >= 0.3 is 5.69 Å². The molecule has 0 aromatic carbocycles. The van der Waals surface area contributed by atoms with Crippen LogP contribution < -0.4 is 5.73 Å². The normalized spacial score (nSPS) is 14.1. The third kappa shape index (κ3) is 1.81. The first-order chi connectivity index (χ1) is 9.18. The maximum absolute atomic E-state index is 11.1. The number of nitrogen functional groups attached to an aromatic ring is 1. The van der Waals surface area contributed by atoms with Crippen molar-refractivity contribution in [3.8, 4) is 5.82 Å². The fourth-order valence-electron chi connectivity index (χ4n) is 2.39. The maximum Gasteiger partial charge on any atom is 0.353 e. The molecule has 19 heavy (non-hydrogen) atoms. The van der Waals surface area contributed by atoms with Crippen molar-refractivity contribution in [3.63, 3.8) is 0 Å². The molecule has 0 saturated heterocycles. The van der Waals surface area contributed by atoms with E-state index in [1.54, 1.807) is 10.9 Å². The first kappa shape index (κ1) is 11.6. The average molecular weight is 260 g/mol. The molecule has 1 aliphatic rings. The number of hydrogen-bond donors (Lipinski definition) is 1. The maximum atomic E-state index is 11.1. The topological polar surface area (TPSA) is 113 Å². The first-order valence-corrected chi connectivity index (χ1v) is 5.99. The van der Waals surface area contributed by atoms with Gasteiger partial charge in [-0.3, -0.25) is 14.7 Å². The van der Waals surface area contributed by atoms with Gasteiger partial charge in [0.25, 0.3) is 0 Å². The van der Waals surface area contributed by atoms with Gasteiger partial charge in [0.2, 0.25) is 11.6 Å². The molecule has 2 N–H and O–H groups in total. The van der Waals surface area contributed by atoms with Crippen LogP contribution in [0.2, 0.25) is 0 Å². The van der Waals surface area contributed by atoms with E-state index in [9.17, 15) is 10.1 Å². The summed E-state index contributed by atoms with van der Waals surface area (Å²) in [5.74, 6) is 0.0569. The molecule has 0 amide bonds. The predicted molar refractivity (Wildman–Crippen MR) is 66.9 cm³/mol. The zero-order valence-corrected chi connectivity index (χ0v) is 10.1. The summed E-state index contributed by atoms with van der Waals surface area (Å²) in [6, 6.07) is 0. The first-order valence-electron chi connectivity index (χ1n) is 5.99. The number of imidazole rings is 1. The zero-order chi connectivity index (χ0) is 13.4. The molecule has 0 saturated carbocycles. The third-order valence-electron chi connectivity index (χ3n) is 3.27. The summed E-state index contributed by atoms with van der Waals surface area (Å²) in [5.41, 5.74) is 7.27. The molecule has 1 aliphatic carbocycles. The Morgan fingerprint density at radius 1 is 1.26 bits per heavy atom. The highest BCUT2D eigenvalue weighted by molar-refractivity contribution is 5.61. The van der Waals surface area contributed by atoms with E-state index in [0.29, 0.717) is 0 Å². The fraction of sp³-hybridized carbons (Fsp3) is 0.364. The van der Waals surface area contributed by atoms with E-state index in [1.807, 2.05) is 0 Å². The predicted octanol–water partition coefficient (Wildman–Crippen LogP) is 1.03. The minimum atomic E-state index is -0.556. The van der Waals surface area contributed by atoms with Crippen LogP contribution in [0.3, 0.4) is 0 Å². The van der Waals surface area contributed by atoms with Gasteiger partial charge in [0.05, 0.1) is 10.6 Å². The zero-order valence-electron chi connectivity index (χ0n) is 10.1. The van der Waals surface area contributed by atoms with E-state index in [1.165, 1.54) is 6.33 Å². The van der Waals surface area contributed by atoms with Crippen LogP contribution in [0.15, 0.2) is 12.7 Å². The number of nitro groups is 1. The van der Waals surface area contributed by atoms with Crippen LogP contribution >= 0.6 is 0 Å². The highest BCUT2D eigenvalue weighted by atomic mass is 16.6. The lowest BCUT2D eigenvalue weighted by atomic mass is 10.0. The van der Waals surface area contributed by atoms with Crippen molar-refractivity contribution in [3.05, 3.63) is 34.2 Å². The van der Waals surface area contributed by atoms with E-state index >= 15 is 0 Å². The Morgan fingerprint density at radius 2 is 2.05 bits per heavy atom. The molecule has 0 unspecified atom stereocenters. The SMILES string of the molecule is Nc1ncnc(-n2cnc3c2CCCC3)c1[N+](=O)[O-]. The van der Waals surface area contributed by atoms with Crippen LogP contribution in [-0.2, 0) is 12.8 Å². The molecule has 98 valence electrons. The van der Waals surface area contributed by atoms with Gasteiger partial charge in [0.15, 0.2) is 0 Å². The Morgan fingerprint density at radius 3 is 2.84 bits per heavy atom. The number of aryl methyl sites for hydroxylation is 1. The van der Waals surface area contributed by atoms with Gasteiger partial charge in [0.1, 0.15) is 12.7 Å². The molecular formula is C11H12N6O2. The molecule has 0 bridgehead atoms. The lowest BCUT2D eigenvalue weighted by molar-refractivity contribution is -0.384. The van der Waals surface area contributed by atoms with Crippen LogP contribution in [0.4, 0.5) is 11.5 Å². The smallest absolute Gasteiger partial charge is 0.353 e. The van der Waals surface area contributed by atoms with Gasteiger partial charge in [-0.2, -0.15) is 0 Å². The molecule has 3 rings (SSSR count). The molecule has 0 atom stereocenters. The standard InChI is InChI=1S/C11H12N6O2/c12-10-9(17(18)19)11(14-5-13-10)16-6-15-7-3-1-2-4-8(7)16/h5-6H,1-4H2,(H2,12,13,14). The van der Waals surface area contributed by atoms with Gasteiger partial charge in [-0.25, -0.2) is 15.0 Å². The number of fused-ring (bicyclic) bond motifs is 1. The summed E-state index contributed by atoms with van der Waals surface area (Å²) in [5, 5.41) is 11.1. The van der Waals surface area contributed by atoms with Crippen LogP contribution in [-0.4, -0.2) is 24.4 Å². The van der Waals surface area contributed by atoms with Crippen LogP contribution in [0.5, 0.6) is 0 Å². The summed E-state index contributed by atoms with van der Waals surface area (Å²) in [6.45, 7) is 0. The van der Waals surface area contributed by atoms with Gasteiger partial charge in [-0.1, -0.05) is 0 Å². The van der Waals surface area contributed by atoms with E-state index in [0.717, 1.165) is 37.1 Å². The van der Waals surface area contributed by atoms with Gasteiger partial charge in [-0.05, 0) is 25.7 Å². The summed E-state index contributed by atoms with van der Waals surface area (Å²) < 4.78 is 1.66. The van der Waals surface area contributed by atoms with Crippen molar-refractivity contribution < 1.29 is 4.92 Å². The quantitative estimate of drug-likeness (QED) is 0.637. The Bertz CT molecular complexity index is 651. The number of hydrogen-bond acceptors (Lipinski definition) is 6. The van der Waals surface area contributed by atoms with Crippen LogP contribution in [0, 0.1) is 10.1 Å². The van der Waals surface area contributed by atoms with Gasteiger partial charge in [-0.15, -0.1) is 0 Å². The molecule has 8 heteroatoms. The van der Waals surface area contributed by atoms with Crippen LogP contribution in [0.1, 0.15) is 24.2 Å². The summed E-state index contributed by atoms with van der Waals surface area (Å²) >= 11 is 0. The highest BCUT2D eigenvalue weighted by Gasteiger charge is 2.26. The second kappa shape index (κ2) is 4.30. The Kier molecular flexibility index (Phi) is 2.62. The van der Waals surface area contributed by atoms with Crippen molar-refractivity contribution in [2.24, 2.45) is 0 Å². The van der Waals surface area contributed by atoms with E-state index < -0.39 is 4.92 Å². The van der Waals surface area contributed by atoms with Crippen molar-refractivity contribution in [1.29, 1.82) is 0 Å². The molecular weight excluding hydrogens is 248 g/mol. The van der Waals surface area contributed by atoms with Crippen molar-refractivity contribution >= 4 is 11.5 Å². The van der Waals surface area contributed by atoms with Crippen molar-refractivity contribution in [2.75, 3.05) is 5.73 Å². The second-order valence-corrected chi connectivity index (χ2v) is 4.40. The minimum absolute atomic E-state index is 0.131. The van der Waals surface area contributed by atoms with E-state index in [4.69, 9.17) is 5.73 Å². The number of rotatable bonds is 2. The van der Waals surface area contributed by atoms with E-state index in [2.05, 4.69) is 15.0 Å². The lowest BCUT2D eigenvalue weighted by Crippen LogP contribution is -2.11. The average Bonchev–Trinajstić information content (AvgIpc) is 2.81. The van der Waals surface area contributed by atoms with Gasteiger partial charge in [0, 0.05) is 5.69 Å². The summed E-state index contributed by atoms with van der Waals surface area (Å²) in [4.78, 5) is 22.5. The Balaban J connectivity index is 2.20. The van der Waals surface area contributed by atoms with E-state index in [-0.39, 0.29) is 17.3 Å². The summed E-state index contributed by atoms with van der Waals surface area (Å²) in [6.07, 6.45) is 6.69. The second-order valence-electron chi connectivity index (χ2n) is 4.40. The largest absolute Gasteiger partial charge is 0.378 e. The Hall–Kier alpha value is -2.51. The number of aromatic nitrogens is 4. The Labute approximate surface area is 108 Å². The monoisotopic (exact) mass is 260 g/mol. The lowest BCUT2D eigenvalue weighted by Gasteiger charge is -2.13. The minimum Gasteiger partial charge on any atom is -0.378 e. The molecule has 2 heterocycles. The van der Waals surface area contributed by atoms with Crippen LogP contribution in [0.25, 0.3) is 5.82 Å². The highest BCUT2D eigenvalue weighted by Crippen LogP contribution is 2.29. The number of nitrogens with two attached hydrogens (primary N) is 1. The van der Waals surface area contributed by atoms with Crippen molar-refractivity contribution in [1.82, 2.24) is 19.5 Å². The molecule has 0 fully saturated rings. The fourth-order valence-corrected chi connectivity index (χ4v) is 2.39. The molecule has 0 aliphatic heterocycles.